The summed E-state index contributed by atoms with van der Waals surface area (Å²) in [5.41, 5.74) is 2.40. The Morgan fingerprint density at radius 2 is 1.79 bits per heavy atom. The Hall–Kier alpha value is -2.89. The van der Waals surface area contributed by atoms with Crippen LogP contribution in [0.15, 0.2) is 42.6 Å². The van der Waals surface area contributed by atoms with Gasteiger partial charge in [-0.1, -0.05) is 13.0 Å². The summed E-state index contributed by atoms with van der Waals surface area (Å²) >= 11 is 0. The van der Waals surface area contributed by atoms with Gasteiger partial charge in [-0.2, -0.15) is 0 Å². The first kappa shape index (κ1) is 17.5. The second kappa shape index (κ2) is 8.10. The summed E-state index contributed by atoms with van der Waals surface area (Å²) in [4.78, 5) is 27.6. The SMILES string of the molecule is CCC(C)Nc1ccnc(C(=O)Nc2cccc(NC(C)=O)c2)c1. The van der Waals surface area contributed by atoms with E-state index in [1.807, 2.05) is 6.07 Å². The van der Waals surface area contributed by atoms with Gasteiger partial charge in [0.15, 0.2) is 0 Å². The van der Waals surface area contributed by atoms with Crippen LogP contribution in [0.4, 0.5) is 17.1 Å². The Balaban J connectivity index is 2.09. The molecule has 126 valence electrons. The standard InChI is InChI=1S/C18H22N4O2/c1-4-12(2)20-16-8-9-19-17(11-16)18(24)22-15-7-5-6-14(10-15)21-13(3)23/h5-12H,4H2,1-3H3,(H,19,20)(H,21,23)(H,22,24). The molecule has 6 nitrogen and oxygen atoms in total. The summed E-state index contributed by atoms with van der Waals surface area (Å²) in [6.07, 6.45) is 2.59. The average molecular weight is 326 g/mol. The number of benzene rings is 1. The molecule has 24 heavy (non-hydrogen) atoms. The maximum absolute atomic E-state index is 12.4. The van der Waals surface area contributed by atoms with E-state index in [-0.39, 0.29) is 11.8 Å². The van der Waals surface area contributed by atoms with Crippen LogP contribution in [0, 0.1) is 0 Å². The second-order valence-electron chi connectivity index (χ2n) is 5.60. The molecule has 2 rings (SSSR count). The van der Waals surface area contributed by atoms with Crippen LogP contribution in [-0.4, -0.2) is 22.8 Å². The number of pyridine rings is 1. The summed E-state index contributed by atoms with van der Waals surface area (Å²) in [7, 11) is 0. The topological polar surface area (TPSA) is 83.1 Å². The highest BCUT2D eigenvalue weighted by atomic mass is 16.2. The first-order valence-corrected chi connectivity index (χ1v) is 7.89. The molecule has 6 heteroatoms. The molecule has 0 bridgehead atoms. The molecule has 0 aliphatic carbocycles. The summed E-state index contributed by atoms with van der Waals surface area (Å²) in [5, 5.41) is 8.78. The average Bonchev–Trinajstić information content (AvgIpc) is 2.54. The highest BCUT2D eigenvalue weighted by molar-refractivity contribution is 6.03. The van der Waals surface area contributed by atoms with E-state index < -0.39 is 0 Å². The maximum Gasteiger partial charge on any atom is 0.274 e. The lowest BCUT2D eigenvalue weighted by atomic mass is 10.2. The number of carbonyl (C=O) groups is 2. The lowest BCUT2D eigenvalue weighted by Gasteiger charge is -2.13. The molecule has 0 aliphatic rings. The van der Waals surface area contributed by atoms with Gasteiger partial charge in [0.2, 0.25) is 5.91 Å². The zero-order valence-electron chi connectivity index (χ0n) is 14.1. The molecule has 0 aliphatic heterocycles. The zero-order chi connectivity index (χ0) is 17.5. The third kappa shape index (κ3) is 5.08. The van der Waals surface area contributed by atoms with E-state index in [0.717, 1.165) is 12.1 Å². The number of hydrogen-bond donors (Lipinski definition) is 3. The molecule has 0 radical (unpaired) electrons. The number of rotatable bonds is 6. The van der Waals surface area contributed by atoms with Crippen molar-refractivity contribution in [2.45, 2.75) is 33.2 Å². The molecule has 0 saturated heterocycles. The van der Waals surface area contributed by atoms with E-state index >= 15 is 0 Å². The van der Waals surface area contributed by atoms with Crippen LogP contribution < -0.4 is 16.0 Å². The van der Waals surface area contributed by atoms with Gasteiger partial charge < -0.3 is 16.0 Å². The first-order valence-electron chi connectivity index (χ1n) is 7.89. The van der Waals surface area contributed by atoms with E-state index in [1.54, 1.807) is 36.5 Å². The van der Waals surface area contributed by atoms with Crippen LogP contribution in [0.3, 0.4) is 0 Å². The van der Waals surface area contributed by atoms with Crippen LogP contribution in [0.25, 0.3) is 0 Å². The smallest absolute Gasteiger partial charge is 0.274 e. The van der Waals surface area contributed by atoms with Crippen LogP contribution >= 0.6 is 0 Å². The van der Waals surface area contributed by atoms with E-state index in [4.69, 9.17) is 0 Å². The van der Waals surface area contributed by atoms with Crippen molar-refractivity contribution in [3.05, 3.63) is 48.3 Å². The molecule has 1 aromatic heterocycles. The predicted octanol–water partition coefficient (Wildman–Crippen LogP) is 3.50. The maximum atomic E-state index is 12.4. The molecule has 1 heterocycles. The van der Waals surface area contributed by atoms with Crippen molar-refractivity contribution < 1.29 is 9.59 Å². The van der Waals surface area contributed by atoms with Gasteiger partial charge in [0, 0.05) is 36.2 Å². The quantitative estimate of drug-likeness (QED) is 0.758. The fraction of sp³-hybridized carbons (Fsp3) is 0.278. The largest absolute Gasteiger partial charge is 0.382 e. The van der Waals surface area contributed by atoms with Gasteiger partial charge in [-0.05, 0) is 43.7 Å². The molecule has 0 saturated carbocycles. The fourth-order valence-electron chi connectivity index (χ4n) is 2.10. The Kier molecular flexibility index (Phi) is 5.89. The molecule has 1 atom stereocenters. The summed E-state index contributed by atoms with van der Waals surface area (Å²) < 4.78 is 0. The van der Waals surface area contributed by atoms with Crippen molar-refractivity contribution >= 4 is 28.9 Å². The van der Waals surface area contributed by atoms with Gasteiger partial charge in [-0.3, -0.25) is 14.6 Å². The molecule has 0 fully saturated rings. The minimum atomic E-state index is -0.303. The van der Waals surface area contributed by atoms with Crippen molar-refractivity contribution in [3.8, 4) is 0 Å². The summed E-state index contributed by atoms with van der Waals surface area (Å²) in [6.45, 7) is 5.60. The Morgan fingerprint density at radius 3 is 2.46 bits per heavy atom. The molecule has 3 N–H and O–H groups in total. The Morgan fingerprint density at radius 1 is 1.08 bits per heavy atom. The highest BCUT2D eigenvalue weighted by Crippen LogP contribution is 2.17. The van der Waals surface area contributed by atoms with E-state index in [2.05, 4.69) is 34.8 Å². The third-order valence-corrected chi connectivity index (χ3v) is 3.46. The summed E-state index contributed by atoms with van der Waals surface area (Å²) in [6, 6.07) is 10.8. The number of nitrogens with zero attached hydrogens (tertiary/aromatic N) is 1. The van der Waals surface area contributed by atoms with Crippen molar-refractivity contribution in [2.24, 2.45) is 0 Å². The van der Waals surface area contributed by atoms with E-state index in [0.29, 0.717) is 23.1 Å². The van der Waals surface area contributed by atoms with Gasteiger partial charge in [0.1, 0.15) is 5.69 Å². The minimum absolute atomic E-state index is 0.163. The van der Waals surface area contributed by atoms with Crippen molar-refractivity contribution in [1.82, 2.24) is 4.98 Å². The molecular formula is C18H22N4O2. The molecule has 2 aromatic rings. The zero-order valence-corrected chi connectivity index (χ0v) is 14.1. The van der Waals surface area contributed by atoms with Crippen LogP contribution in [-0.2, 0) is 4.79 Å². The lowest BCUT2D eigenvalue weighted by molar-refractivity contribution is -0.114. The number of anilines is 3. The molecular weight excluding hydrogens is 304 g/mol. The highest BCUT2D eigenvalue weighted by Gasteiger charge is 2.10. The fourth-order valence-corrected chi connectivity index (χ4v) is 2.10. The van der Waals surface area contributed by atoms with Crippen LogP contribution in [0.1, 0.15) is 37.7 Å². The summed E-state index contributed by atoms with van der Waals surface area (Å²) in [5.74, 6) is -0.466. The van der Waals surface area contributed by atoms with Gasteiger partial charge in [0.05, 0.1) is 0 Å². The molecule has 1 aromatic carbocycles. The van der Waals surface area contributed by atoms with E-state index in [9.17, 15) is 9.59 Å². The van der Waals surface area contributed by atoms with Gasteiger partial charge in [0.25, 0.3) is 5.91 Å². The Bertz CT molecular complexity index is 730. The van der Waals surface area contributed by atoms with Gasteiger partial charge in [-0.15, -0.1) is 0 Å². The number of carbonyl (C=O) groups excluding carboxylic acids is 2. The van der Waals surface area contributed by atoms with Crippen molar-refractivity contribution in [2.75, 3.05) is 16.0 Å². The molecule has 2 amide bonds. The molecule has 1 unspecified atom stereocenters. The monoisotopic (exact) mass is 326 g/mol. The second-order valence-corrected chi connectivity index (χ2v) is 5.60. The van der Waals surface area contributed by atoms with Crippen LogP contribution in [0.5, 0.6) is 0 Å². The minimum Gasteiger partial charge on any atom is -0.382 e. The molecule has 0 spiro atoms. The third-order valence-electron chi connectivity index (χ3n) is 3.46. The lowest BCUT2D eigenvalue weighted by Crippen LogP contribution is -2.16. The Labute approximate surface area is 141 Å². The van der Waals surface area contributed by atoms with Gasteiger partial charge >= 0.3 is 0 Å². The predicted molar refractivity (Wildman–Crippen MR) is 96.3 cm³/mol. The van der Waals surface area contributed by atoms with E-state index in [1.165, 1.54) is 6.92 Å². The van der Waals surface area contributed by atoms with Gasteiger partial charge in [-0.25, -0.2) is 0 Å². The number of hydrogen-bond acceptors (Lipinski definition) is 4. The van der Waals surface area contributed by atoms with Crippen LogP contribution in [0.2, 0.25) is 0 Å². The number of amides is 2. The van der Waals surface area contributed by atoms with Crippen molar-refractivity contribution in [1.29, 1.82) is 0 Å². The van der Waals surface area contributed by atoms with Crippen molar-refractivity contribution in [3.63, 3.8) is 0 Å². The normalized spacial score (nSPS) is 11.5. The number of nitrogens with one attached hydrogen (secondary N) is 3. The number of aromatic nitrogens is 1. The first-order chi connectivity index (χ1) is 11.5.